The average Bonchev–Trinajstić information content (AvgIpc) is 2.36. The van der Waals surface area contributed by atoms with Gasteiger partial charge in [0, 0.05) is 25.0 Å². The van der Waals surface area contributed by atoms with Crippen LogP contribution in [-0.2, 0) is 4.79 Å². The molecular formula is C16H32N2O2. The van der Waals surface area contributed by atoms with Gasteiger partial charge in [-0.15, -0.1) is 0 Å². The molecule has 20 heavy (non-hydrogen) atoms. The molecule has 0 aromatic heterocycles. The lowest BCUT2D eigenvalue weighted by molar-refractivity contribution is -0.122. The molecule has 0 heterocycles. The monoisotopic (exact) mass is 284 g/mol. The van der Waals surface area contributed by atoms with Crippen molar-refractivity contribution in [1.29, 1.82) is 0 Å². The number of hydrogen-bond donors (Lipinski definition) is 3. The zero-order valence-corrected chi connectivity index (χ0v) is 13.6. The number of aliphatic hydroxyl groups is 1. The van der Waals surface area contributed by atoms with E-state index in [2.05, 4.69) is 38.3 Å². The van der Waals surface area contributed by atoms with Crippen molar-refractivity contribution in [1.82, 2.24) is 10.6 Å². The first-order valence-corrected chi connectivity index (χ1v) is 7.98. The van der Waals surface area contributed by atoms with E-state index in [1.54, 1.807) is 0 Å². The molecular weight excluding hydrogens is 252 g/mol. The standard InChI is InChI=1S/C16H32N2O2/c1-5-13-6-9-16(20,10-7-13)12-17-14(19)8-11-18-15(2,3)4/h13,18,20H,5-12H2,1-4H3,(H,17,19). The van der Waals surface area contributed by atoms with E-state index in [9.17, 15) is 9.90 Å². The van der Waals surface area contributed by atoms with Crippen molar-refractivity contribution in [2.24, 2.45) is 5.92 Å². The molecule has 0 bridgehead atoms. The highest BCUT2D eigenvalue weighted by Gasteiger charge is 2.32. The Balaban J connectivity index is 2.20. The van der Waals surface area contributed by atoms with E-state index >= 15 is 0 Å². The van der Waals surface area contributed by atoms with E-state index in [4.69, 9.17) is 0 Å². The number of amides is 1. The van der Waals surface area contributed by atoms with Crippen LogP contribution < -0.4 is 10.6 Å². The van der Waals surface area contributed by atoms with Gasteiger partial charge in [0.05, 0.1) is 5.60 Å². The number of carbonyl (C=O) groups excluding carboxylic acids is 1. The normalized spacial score (nSPS) is 27.4. The first kappa shape index (κ1) is 17.4. The van der Waals surface area contributed by atoms with Crippen LogP contribution in [0.15, 0.2) is 0 Å². The van der Waals surface area contributed by atoms with E-state index < -0.39 is 5.60 Å². The molecule has 1 aliphatic carbocycles. The van der Waals surface area contributed by atoms with Gasteiger partial charge in [-0.3, -0.25) is 4.79 Å². The Hall–Kier alpha value is -0.610. The molecule has 1 amide bonds. The topological polar surface area (TPSA) is 61.4 Å². The number of rotatable bonds is 6. The first-order valence-electron chi connectivity index (χ1n) is 7.98. The second kappa shape index (κ2) is 7.41. The van der Waals surface area contributed by atoms with Gasteiger partial charge in [-0.05, 0) is 52.4 Å². The minimum Gasteiger partial charge on any atom is -0.388 e. The maximum Gasteiger partial charge on any atom is 0.221 e. The molecule has 4 nitrogen and oxygen atoms in total. The SMILES string of the molecule is CCC1CCC(O)(CNC(=O)CCNC(C)(C)C)CC1. The van der Waals surface area contributed by atoms with Crippen molar-refractivity contribution in [2.45, 2.75) is 77.4 Å². The van der Waals surface area contributed by atoms with Gasteiger partial charge in [-0.1, -0.05) is 13.3 Å². The summed E-state index contributed by atoms with van der Waals surface area (Å²) in [6, 6.07) is 0. The Morgan fingerprint density at radius 3 is 2.40 bits per heavy atom. The van der Waals surface area contributed by atoms with Crippen LogP contribution in [0.1, 0.15) is 66.2 Å². The lowest BCUT2D eigenvalue weighted by Gasteiger charge is -2.35. The molecule has 3 N–H and O–H groups in total. The lowest BCUT2D eigenvalue weighted by Crippen LogP contribution is -2.46. The zero-order chi connectivity index (χ0) is 15.2. The van der Waals surface area contributed by atoms with Crippen LogP contribution in [0.5, 0.6) is 0 Å². The fraction of sp³-hybridized carbons (Fsp3) is 0.938. The summed E-state index contributed by atoms with van der Waals surface area (Å²) in [5, 5.41) is 16.6. The fourth-order valence-corrected chi connectivity index (χ4v) is 2.70. The Bertz CT molecular complexity index is 302. The maximum absolute atomic E-state index is 11.8. The van der Waals surface area contributed by atoms with Gasteiger partial charge in [0.15, 0.2) is 0 Å². The number of carbonyl (C=O) groups is 1. The molecule has 0 aromatic carbocycles. The second-order valence-corrected chi connectivity index (χ2v) is 7.28. The van der Waals surface area contributed by atoms with E-state index in [1.165, 1.54) is 6.42 Å². The summed E-state index contributed by atoms with van der Waals surface area (Å²) in [7, 11) is 0. The highest BCUT2D eigenvalue weighted by Crippen LogP contribution is 2.33. The predicted molar refractivity (Wildman–Crippen MR) is 82.6 cm³/mol. The Morgan fingerprint density at radius 1 is 1.30 bits per heavy atom. The van der Waals surface area contributed by atoms with Crippen molar-refractivity contribution < 1.29 is 9.90 Å². The number of hydrogen-bond acceptors (Lipinski definition) is 3. The van der Waals surface area contributed by atoms with Crippen molar-refractivity contribution in [3.05, 3.63) is 0 Å². The average molecular weight is 284 g/mol. The van der Waals surface area contributed by atoms with Gasteiger partial charge in [-0.25, -0.2) is 0 Å². The molecule has 1 rings (SSSR count). The quantitative estimate of drug-likeness (QED) is 0.701. The van der Waals surface area contributed by atoms with Crippen LogP contribution in [0.3, 0.4) is 0 Å². The molecule has 0 atom stereocenters. The zero-order valence-electron chi connectivity index (χ0n) is 13.6. The van der Waals surface area contributed by atoms with E-state index in [0.717, 1.165) is 31.6 Å². The summed E-state index contributed by atoms with van der Waals surface area (Å²) in [4.78, 5) is 11.8. The predicted octanol–water partition coefficient (Wildman–Crippen LogP) is 2.21. The Kier molecular flexibility index (Phi) is 6.46. The summed E-state index contributed by atoms with van der Waals surface area (Å²) in [6.45, 7) is 9.53. The van der Waals surface area contributed by atoms with Crippen LogP contribution in [0.4, 0.5) is 0 Å². The molecule has 0 spiro atoms. The first-order chi connectivity index (χ1) is 9.24. The second-order valence-electron chi connectivity index (χ2n) is 7.28. The van der Waals surface area contributed by atoms with Crippen LogP contribution in [0.25, 0.3) is 0 Å². The summed E-state index contributed by atoms with van der Waals surface area (Å²) in [5.74, 6) is 0.773. The van der Waals surface area contributed by atoms with Gasteiger partial charge in [-0.2, -0.15) is 0 Å². The van der Waals surface area contributed by atoms with Crippen LogP contribution in [0, 0.1) is 5.92 Å². The van der Waals surface area contributed by atoms with Gasteiger partial charge in [0.25, 0.3) is 0 Å². The van der Waals surface area contributed by atoms with Gasteiger partial charge in [0.1, 0.15) is 0 Å². The summed E-state index contributed by atoms with van der Waals surface area (Å²) < 4.78 is 0. The molecule has 118 valence electrons. The van der Waals surface area contributed by atoms with Crippen molar-refractivity contribution in [3.8, 4) is 0 Å². The minimum absolute atomic E-state index is 0.0211. The van der Waals surface area contributed by atoms with E-state index in [-0.39, 0.29) is 11.4 Å². The smallest absolute Gasteiger partial charge is 0.221 e. The van der Waals surface area contributed by atoms with E-state index in [0.29, 0.717) is 19.5 Å². The fourth-order valence-electron chi connectivity index (χ4n) is 2.70. The third kappa shape index (κ3) is 6.71. The lowest BCUT2D eigenvalue weighted by atomic mass is 9.78. The van der Waals surface area contributed by atoms with E-state index in [1.807, 2.05) is 0 Å². The summed E-state index contributed by atoms with van der Waals surface area (Å²) in [5.41, 5.74) is -0.643. The molecule has 0 radical (unpaired) electrons. The van der Waals surface area contributed by atoms with Crippen LogP contribution in [0.2, 0.25) is 0 Å². The molecule has 0 aliphatic heterocycles. The Morgan fingerprint density at radius 2 is 1.90 bits per heavy atom. The molecule has 1 fully saturated rings. The van der Waals surface area contributed by atoms with Gasteiger partial charge < -0.3 is 15.7 Å². The molecule has 1 aliphatic rings. The largest absolute Gasteiger partial charge is 0.388 e. The highest BCUT2D eigenvalue weighted by molar-refractivity contribution is 5.76. The van der Waals surface area contributed by atoms with Crippen molar-refractivity contribution in [2.75, 3.05) is 13.1 Å². The number of nitrogens with one attached hydrogen (secondary N) is 2. The summed E-state index contributed by atoms with van der Waals surface area (Å²) >= 11 is 0. The highest BCUT2D eigenvalue weighted by atomic mass is 16.3. The third-order valence-corrected chi connectivity index (χ3v) is 4.24. The summed E-state index contributed by atoms with van der Waals surface area (Å²) in [6.07, 6.45) is 5.44. The van der Waals surface area contributed by atoms with Gasteiger partial charge in [0.2, 0.25) is 5.91 Å². The molecule has 0 unspecified atom stereocenters. The Labute approximate surface area is 123 Å². The van der Waals surface area contributed by atoms with Crippen molar-refractivity contribution in [3.63, 3.8) is 0 Å². The molecule has 1 saturated carbocycles. The molecule has 4 heteroatoms. The van der Waals surface area contributed by atoms with Crippen LogP contribution in [-0.4, -0.2) is 35.2 Å². The van der Waals surface area contributed by atoms with Crippen molar-refractivity contribution >= 4 is 5.91 Å². The van der Waals surface area contributed by atoms with Gasteiger partial charge >= 0.3 is 0 Å². The molecule has 0 aromatic rings. The third-order valence-electron chi connectivity index (χ3n) is 4.24. The molecule has 0 saturated heterocycles. The van der Waals surface area contributed by atoms with Crippen LogP contribution >= 0.6 is 0 Å². The maximum atomic E-state index is 11.8. The minimum atomic E-state index is -0.682.